The molecule has 0 saturated carbocycles. The fraction of sp³-hybridized carbons (Fsp3) is 0.150. The van der Waals surface area contributed by atoms with E-state index >= 15 is 0 Å². The summed E-state index contributed by atoms with van der Waals surface area (Å²) in [6.07, 6.45) is 0.413. The van der Waals surface area contributed by atoms with Gasteiger partial charge in [0.25, 0.3) is 0 Å². The van der Waals surface area contributed by atoms with Crippen molar-refractivity contribution in [3.63, 3.8) is 0 Å². The van der Waals surface area contributed by atoms with E-state index in [2.05, 4.69) is 48.6 Å². The minimum absolute atomic E-state index is 0.0517. The summed E-state index contributed by atoms with van der Waals surface area (Å²) in [5.41, 5.74) is 3.39. The maximum Gasteiger partial charge on any atom is 0.224 e. The van der Waals surface area contributed by atoms with E-state index in [4.69, 9.17) is 0 Å². The van der Waals surface area contributed by atoms with Crippen molar-refractivity contribution >= 4 is 16.7 Å². The zero-order valence-electron chi connectivity index (χ0n) is 12.7. The highest BCUT2D eigenvalue weighted by Gasteiger charge is 2.04. The molecule has 0 saturated heterocycles. The van der Waals surface area contributed by atoms with Crippen LogP contribution in [-0.4, -0.2) is 5.91 Å². The predicted molar refractivity (Wildman–Crippen MR) is 90.7 cm³/mol. The number of benzene rings is 3. The predicted octanol–water partition coefficient (Wildman–Crippen LogP) is 4.01. The van der Waals surface area contributed by atoms with Crippen LogP contribution in [0.3, 0.4) is 0 Å². The maximum absolute atomic E-state index is 12.1. The minimum Gasteiger partial charge on any atom is -0.352 e. The first-order chi connectivity index (χ1) is 10.7. The van der Waals surface area contributed by atoms with Crippen molar-refractivity contribution in [1.82, 2.24) is 5.32 Å². The number of carbonyl (C=O) groups is 1. The van der Waals surface area contributed by atoms with Crippen LogP contribution in [0.15, 0.2) is 66.7 Å². The number of fused-ring (bicyclic) bond motifs is 1. The Labute approximate surface area is 130 Å². The molecule has 0 aliphatic heterocycles. The second-order valence-corrected chi connectivity index (χ2v) is 5.62. The molecule has 0 aliphatic carbocycles. The van der Waals surface area contributed by atoms with Gasteiger partial charge in [0.1, 0.15) is 0 Å². The number of aryl methyl sites for hydroxylation is 1. The van der Waals surface area contributed by atoms with E-state index in [1.807, 2.05) is 30.3 Å². The third-order valence-electron chi connectivity index (χ3n) is 3.79. The van der Waals surface area contributed by atoms with Crippen LogP contribution in [0.1, 0.15) is 16.7 Å². The summed E-state index contributed by atoms with van der Waals surface area (Å²) in [5.74, 6) is 0.0517. The number of nitrogens with one attached hydrogen (secondary N) is 1. The lowest BCUT2D eigenvalue weighted by molar-refractivity contribution is -0.120. The molecule has 0 bridgehead atoms. The third kappa shape index (κ3) is 3.53. The topological polar surface area (TPSA) is 29.1 Å². The molecule has 2 nitrogen and oxygen atoms in total. The normalized spacial score (nSPS) is 10.6. The van der Waals surface area contributed by atoms with Gasteiger partial charge < -0.3 is 5.32 Å². The maximum atomic E-state index is 12.1. The largest absolute Gasteiger partial charge is 0.352 e. The average molecular weight is 289 g/mol. The summed E-state index contributed by atoms with van der Waals surface area (Å²) in [5, 5.41) is 5.35. The van der Waals surface area contributed by atoms with Gasteiger partial charge in [0.15, 0.2) is 0 Å². The Morgan fingerprint density at radius 3 is 2.32 bits per heavy atom. The SMILES string of the molecule is Cc1ccc(CNC(=O)Cc2ccc3ccccc3c2)cc1. The number of carbonyl (C=O) groups excluding carboxylic acids is 1. The van der Waals surface area contributed by atoms with Crippen LogP contribution in [0.5, 0.6) is 0 Å². The van der Waals surface area contributed by atoms with E-state index < -0.39 is 0 Å². The summed E-state index contributed by atoms with van der Waals surface area (Å²) in [6, 6.07) is 22.6. The summed E-state index contributed by atoms with van der Waals surface area (Å²) < 4.78 is 0. The zero-order chi connectivity index (χ0) is 15.4. The van der Waals surface area contributed by atoms with Crippen LogP contribution in [0.25, 0.3) is 10.8 Å². The van der Waals surface area contributed by atoms with Gasteiger partial charge in [-0.15, -0.1) is 0 Å². The van der Waals surface area contributed by atoms with Crippen LogP contribution < -0.4 is 5.32 Å². The lowest BCUT2D eigenvalue weighted by Crippen LogP contribution is -2.24. The molecule has 0 spiro atoms. The molecule has 110 valence electrons. The smallest absolute Gasteiger partial charge is 0.224 e. The molecule has 1 N–H and O–H groups in total. The number of hydrogen-bond donors (Lipinski definition) is 1. The summed E-state index contributed by atoms with van der Waals surface area (Å²) in [7, 11) is 0. The molecule has 0 radical (unpaired) electrons. The average Bonchev–Trinajstić information content (AvgIpc) is 2.54. The molecule has 0 heterocycles. The third-order valence-corrected chi connectivity index (χ3v) is 3.79. The summed E-state index contributed by atoms with van der Waals surface area (Å²) in [6.45, 7) is 2.63. The molecular weight excluding hydrogens is 270 g/mol. The van der Waals surface area contributed by atoms with Crippen molar-refractivity contribution in [1.29, 1.82) is 0 Å². The highest BCUT2D eigenvalue weighted by Crippen LogP contribution is 2.16. The second-order valence-electron chi connectivity index (χ2n) is 5.62. The lowest BCUT2D eigenvalue weighted by atomic mass is 10.0. The molecule has 3 rings (SSSR count). The molecule has 0 unspecified atom stereocenters. The van der Waals surface area contributed by atoms with Gasteiger partial charge in [0, 0.05) is 6.54 Å². The Morgan fingerprint density at radius 1 is 0.864 bits per heavy atom. The highest BCUT2D eigenvalue weighted by atomic mass is 16.1. The molecule has 3 aromatic carbocycles. The van der Waals surface area contributed by atoms with E-state index in [-0.39, 0.29) is 5.91 Å². The van der Waals surface area contributed by atoms with Gasteiger partial charge in [0.2, 0.25) is 5.91 Å². The first-order valence-electron chi connectivity index (χ1n) is 7.51. The van der Waals surface area contributed by atoms with Crippen LogP contribution >= 0.6 is 0 Å². The monoisotopic (exact) mass is 289 g/mol. The molecule has 0 fully saturated rings. The standard InChI is InChI=1S/C20H19NO/c1-15-6-8-16(9-7-15)14-21-20(22)13-17-10-11-18-4-2-3-5-19(18)12-17/h2-12H,13-14H2,1H3,(H,21,22). The van der Waals surface area contributed by atoms with Gasteiger partial charge >= 0.3 is 0 Å². The molecule has 3 aromatic rings. The van der Waals surface area contributed by atoms with E-state index in [0.29, 0.717) is 13.0 Å². The Hall–Kier alpha value is -2.61. The number of amides is 1. The summed E-state index contributed by atoms with van der Waals surface area (Å²) in [4.78, 5) is 12.1. The van der Waals surface area contributed by atoms with E-state index in [1.54, 1.807) is 0 Å². The van der Waals surface area contributed by atoms with Gasteiger partial charge in [-0.05, 0) is 28.8 Å². The van der Waals surface area contributed by atoms with Crippen LogP contribution in [0.2, 0.25) is 0 Å². The number of rotatable bonds is 4. The second kappa shape index (κ2) is 6.44. The van der Waals surface area contributed by atoms with Gasteiger partial charge in [-0.3, -0.25) is 4.79 Å². The van der Waals surface area contributed by atoms with Crippen molar-refractivity contribution < 1.29 is 4.79 Å². The fourth-order valence-electron chi connectivity index (χ4n) is 2.50. The van der Waals surface area contributed by atoms with Crippen molar-refractivity contribution in [2.45, 2.75) is 19.9 Å². The van der Waals surface area contributed by atoms with Crippen molar-refractivity contribution in [2.24, 2.45) is 0 Å². The lowest BCUT2D eigenvalue weighted by Gasteiger charge is -2.07. The Morgan fingerprint density at radius 2 is 1.55 bits per heavy atom. The van der Waals surface area contributed by atoms with Gasteiger partial charge in [-0.1, -0.05) is 72.3 Å². The molecule has 0 aromatic heterocycles. The first kappa shape index (κ1) is 14.3. The van der Waals surface area contributed by atoms with Crippen LogP contribution in [0, 0.1) is 6.92 Å². The molecule has 0 atom stereocenters. The quantitative estimate of drug-likeness (QED) is 0.772. The van der Waals surface area contributed by atoms with Crippen molar-refractivity contribution in [3.8, 4) is 0 Å². The Balaban J connectivity index is 1.61. The molecule has 22 heavy (non-hydrogen) atoms. The number of hydrogen-bond acceptors (Lipinski definition) is 1. The fourth-order valence-corrected chi connectivity index (χ4v) is 2.50. The van der Waals surface area contributed by atoms with E-state index in [9.17, 15) is 4.79 Å². The van der Waals surface area contributed by atoms with E-state index in [0.717, 1.165) is 11.1 Å². The minimum atomic E-state index is 0.0517. The highest BCUT2D eigenvalue weighted by molar-refractivity contribution is 5.85. The van der Waals surface area contributed by atoms with Crippen LogP contribution in [0.4, 0.5) is 0 Å². The molecular formula is C20H19NO. The van der Waals surface area contributed by atoms with Crippen molar-refractivity contribution in [3.05, 3.63) is 83.4 Å². The van der Waals surface area contributed by atoms with E-state index in [1.165, 1.54) is 16.3 Å². The van der Waals surface area contributed by atoms with Gasteiger partial charge in [-0.25, -0.2) is 0 Å². The van der Waals surface area contributed by atoms with Gasteiger partial charge in [0.05, 0.1) is 6.42 Å². The first-order valence-corrected chi connectivity index (χ1v) is 7.51. The van der Waals surface area contributed by atoms with Gasteiger partial charge in [-0.2, -0.15) is 0 Å². The van der Waals surface area contributed by atoms with Crippen LogP contribution in [-0.2, 0) is 17.8 Å². The zero-order valence-corrected chi connectivity index (χ0v) is 12.7. The molecule has 0 aliphatic rings. The molecule has 2 heteroatoms. The van der Waals surface area contributed by atoms with Crippen molar-refractivity contribution in [2.75, 3.05) is 0 Å². The molecule has 1 amide bonds. The summed E-state index contributed by atoms with van der Waals surface area (Å²) >= 11 is 0. The Kier molecular flexibility index (Phi) is 4.19. The Bertz CT molecular complexity index is 790.